The van der Waals surface area contributed by atoms with Gasteiger partial charge in [-0.3, -0.25) is 0 Å². The number of unbranched alkanes of at least 4 members (excludes halogenated alkanes) is 1. The van der Waals surface area contributed by atoms with Crippen molar-refractivity contribution in [2.75, 3.05) is 33.5 Å². The first-order valence-corrected chi connectivity index (χ1v) is 8.00. The van der Waals surface area contributed by atoms with Crippen molar-refractivity contribution >= 4 is 0 Å². The average molecular weight is 307 g/mol. The third-order valence-electron chi connectivity index (χ3n) is 3.20. The summed E-state index contributed by atoms with van der Waals surface area (Å²) in [5.41, 5.74) is 1.18. The summed E-state index contributed by atoms with van der Waals surface area (Å²) >= 11 is 0. The SMILES string of the molecule is C=CCOc1ccc(CNCCCOCCCC)cc1OC. The quantitative estimate of drug-likeness (QED) is 0.447. The number of methoxy groups -OCH3 is 1. The van der Waals surface area contributed by atoms with Crippen LogP contribution in [0.5, 0.6) is 11.5 Å². The molecule has 4 nitrogen and oxygen atoms in total. The van der Waals surface area contributed by atoms with Crippen molar-refractivity contribution in [1.29, 1.82) is 0 Å². The molecule has 0 heterocycles. The summed E-state index contributed by atoms with van der Waals surface area (Å²) in [5.74, 6) is 1.50. The predicted molar refractivity (Wildman–Crippen MR) is 90.7 cm³/mol. The average Bonchev–Trinajstić information content (AvgIpc) is 2.55. The maximum absolute atomic E-state index is 5.54. The van der Waals surface area contributed by atoms with Gasteiger partial charge in [-0.05, 0) is 37.1 Å². The van der Waals surface area contributed by atoms with E-state index in [1.54, 1.807) is 13.2 Å². The van der Waals surface area contributed by atoms with E-state index in [1.165, 1.54) is 12.0 Å². The number of hydrogen-bond donors (Lipinski definition) is 1. The molecular formula is C18H29NO3. The van der Waals surface area contributed by atoms with E-state index in [9.17, 15) is 0 Å². The van der Waals surface area contributed by atoms with Crippen LogP contribution in [0, 0.1) is 0 Å². The Kier molecular flexibility index (Phi) is 10.2. The molecule has 0 aliphatic rings. The third-order valence-corrected chi connectivity index (χ3v) is 3.20. The van der Waals surface area contributed by atoms with E-state index in [0.717, 1.165) is 50.6 Å². The van der Waals surface area contributed by atoms with Crippen molar-refractivity contribution in [3.8, 4) is 11.5 Å². The first-order chi connectivity index (χ1) is 10.8. The topological polar surface area (TPSA) is 39.7 Å². The summed E-state index contributed by atoms with van der Waals surface area (Å²) in [4.78, 5) is 0. The highest BCUT2D eigenvalue weighted by molar-refractivity contribution is 5.43. The lowest BCUT2D eigenvalue weighted by molar-refractivity contribution is 0.129. The van der Waals surface area contributed by atoms with E-state index < -0.39 is 0 Å². The maximum Gasteiger partial charge on any atom is 0.161 e. The first-order valence-electron chi connectivity index (χ1n) is 8.00. The lowest BCUT2D eigenvalue weighted by Crippen LogP contribution is -2.16. The van der Waals surface area contributed by atoms with Gasteiger partial charge in [-0.2, -0.15) is 0 Å². The van der Waals surface area contributed by atoms with Gasteiger partial charge in [0.15, 0.2) is 11.5 Å². The fourth-order valence-corrected chi connectivity index (χ4v) is 1.97. The van der Waals surface area contributed by atoms with Gasteiger partial charge < -0.3 is 19.5 Å². The minimum atomic E-state index is 0.478. The Bertz CT molecular complexity index is 421. The standard InChI is InChI=1S/C18H29NO3/c1-4-6-12-21-13-7-10-19-15-16-8-9-17(22-11-5-2)18(14-16)20-3/h5,8-9,14,19H,2,4,6-7,10-13,15H2,1,3H3. The van der Waals surface area contributed by atoms with Crippen LogP contribution in [0.4, 0.5) is 0 Å². The highest BCUT2D eigenvalue weighted by atomic mass is 16.5. The van der Waals surface area contributed by atoms with E-state index in [2.05, 4.69) is 18.8 Å². The molecule has 0 saturated heterocycles. The summed E-state index contributed by atoms with van der Waals surface area (Å²) in [6, 6.07) is 5.99. The Morgan fingerprint density at radius 2 is 2.00 bits per heavy atom. The summed E-state index contributed by atoms with van der Waals surface area (Å²) < 4.78 is 16.4. The van der Waals surface area contributed by atoms with E-state index >= 15 is 0 Å². The van der Waals surface area contributed by atoms with Crippen LogP contribution in [0.15, 0.2) is 30.9 Å². The lowest BCUT2D eigenvalue weighted by Gasteiger charge is -2.11. The number of hydrogen-bond acceptors (Lipinski definition) is 4. The van der Waals surface area contributed by atoms with Crippen molar-refractivity contribution in [3.63, 3.8) is 0 Å². The van der Waals surface area contributed by atoms with E-state index in [1.807, 2.05) is 18.2 Å². The Hall–Kier alpha value is -1.52. The van der Waals surface area contributed by atoms with Gasteiger partial charge in [0, 0.05) is 19.8 Å². The van der Waals surface area contributed by atoms with Crippen LogP contribution in [0.2, 0.25) is 0 Å². The molecule has 4 heteroatoms. The minimum absolute atomic E-state index is 0.478. The van der Waals surface area contributed by atoms with Gasteiger partial charge in [-0.15, -0.1) is 0 Å². The summed E-state index contributed by atoms with van der Waals surface area (Å²) in [5, 5.41) is 3.41. The summed E-state index contributed by atoms with van der Waals surface area (Å²) in [6.07, 6.45) is 5.08. The van der Waals surface area contributed by atoms with E-state index in [0.29, 0.717) is 6.61 Å². The molecule has 0 unspecified atom stereocenters. The molecule has 0 radical (unpaired) electrons. The minimum Gasteiger partial charge on any atom is -0.493 e. The zero-order valence-electron chi connectivity index (χ0n) is 13.9. The summed E-state index contributed by atoms with van der Waals surface area (Å²) in [6.45, 7) is 9.75. The van der Waals surface area contributed by atoms with Gasteiger partial charge in [0.1, 0.15) is 6.61 Å². The number of nitrogens with one attached hydrogen (secondary N) is 1. The largest absolute Gasteiger partial charge is 0.493 e. The number of benzene rings is 1. The van der Waals surface area contributed by atoms with E-state index in [-0.39, 0.29) is 0 Å². The van der Waals surface area contributed by atoms with E-state index in [4.69, 9.17) is 14.2 Å². The molecule has 0 bridgehead atoms. The molecule has 124 valence electrons. The van der Waals surface area contributed by atoms with Crippen LogP contribution in [-0.2, 0) is 11.3 Å². The highest BCUT2D eigenvalue weighted by Gasteiger charge is 2.05. The van der Waals surface area contributed by atoms with Gasteiger partial charge in [-0.1, -0.05) is 32.1 Å². The van der Waals surface area contributed by atoms with Gasteiger partial charge in [0.25, 0.3) is 0 Å². The van der Waals surface area contributed by atoms with Crippen molar-refractivity contribution < 1.29 is 14.2 Å². The second kappa shape index (κ2) is 12.1. The van der Waals surface area contributed by atoms with Crippen molar-refractivity contribution in [1.82, 2.24) is 5.32 Å². The number of ether oxygens (including phenoxy) is 3. The monoisotopic (exact) mass is 307 g/mol. The molecule has 0 saturated carbocycles. The van der Waals surface area contributed by atoms with Crippen LogP contribution < -0.4 is 14.8 Å². The van der Waals surface area contributed by atoms with Crippen LogP contribution in [0.3, 0.4) is 0 Å². The Labute approximate surface area is 134 Å². The highest BCUT2D eigenvalue weighted by Crippen LogP contribution is 2.27. The molecule has 0 spiro atoms. The zero-order chi connectivity index (χ0) is 16.0. The van der Waals surface area contributed by atoms with Gasteiger partial charge >= 0.3 is 0 Å². The Morgan fingerprint density at radius 1 is 1.18 bits per heavy atom. The second-order valence-electron chi connectivity index (χ2n) is 5.08. The molecule has 0 aliphatic carbocycles. The molecule has 1 N–H and O–H groups in total. The third kappa shape index (κ3) is 7.48. The molecular weight excluding hydrogens is 278 g/mol. The van der Waals surface area contributed by atoms with Crippen molar-refractivity contribution in [2.45, 2.75) is 32.7 Å². The fraction of sp³-hybridized carbons (Fsp3) is 0.556. The predicted octanol–water partition coefficient (Wildman–Crippen LogP) is 3.56. The first kappa shape index (κ1) is 18.5. The smallest absolute Gasteiger partial charge is 0.161 e. The van der Waals surface area contributed by atoms with Crippen molar-refractivity contribution in [2.24, 2.45) is 0 Å². The zero-order valence-corrected chi connectivity index (χ0v) is 13.9. The van der Waals surface area contributed by atoms with Gasteiger partial charge in [0.2, 0.25) is 0 Å². The van der Waals surface area contributed by atoms with Crippen LogP contribution in [0.1, 0.15) is 31.7 Å². The molecule has 22 heavy (non-hydrogen) atoms. The molecule has 0 atom stereocenters. The molecule has 1 rings (SSSR count). The maximum atomic E-state index is 5.54. The molecule has 1 aromatic rings. The van der Waals surface area contributed by atoms with Crippen LogP contribution >= 0.6 is 0 Å². The Balaban J connectivity index is 2.26. The summed E-state index contributed by atoms with van der Waals surface area (Å²) in [7, 11) is 1.65. The van der Waals surface area contributed by atoms with Crippen LogP contribution in [0.25, 0.3) is 0 Å². The molecule has 0 aromatic heterocycles. The molecule has 1 aromatic carbocycles. The number of rotatable bonds is 13. The molecule has 0 amide bonds. The second-order valence-corrected chi connectivity index (χ2v) is 5.08. The normalized spacial score (nSPS) is 10.5. The fourth-order valence-electron chi connectivity index (χ4n) is 1.97. The molecule has 0 aliphatic heterocycles. The van der Waals surface area contributed by atoms with Crippen molar-refractivity contribution in [3.05, 3.63) is 36.4 Å². The van der Waals surface area contributed by atoms with Crippen LogP contribution in [-0.4, -0.2) is 33.5 Å². The Morgan fingerprint density at radius 3 is 2.73 bits per heavy atom. The van der Waals surface area contributed by atoms with Gasteiger partial charge in [0.05, 0.1) is 7.11 Å². The molecule has 0 fully saturated rings. The lowest BCUT2D eigenvalue weighted by atomic mass is 10.2. The van der Waals surface area contributed by atoms with Gasteiger partial charge in [-0.25, -0.2) is 0 Å².